The van der Waals surface area contributed by atoms with Gasteiger partial charge in [0.05, 0.1) is 11.8 Å². The lowest BCUT2D eigenvalue weighted by atomic mass is 9.93. The maximum absolute atomic E-state index is 13.4. The number of hydrogen-bond acceptors (Lipinski definition) is 3. The van der Waals surface area contributed by atoms with Crippen molar-refractivity contribution in [1.29, 1.82) is 0 Å². The molecule has 0 aromatic carbocycles. The van der Waals surface area contributed by atoms with E-state index in [-0.39, 0.29) is 0 Å². The zero-order valence-corrected chi connectivity index (χ0v) is 10.00. The molecule has 0 aliphatic heterocycles. The molecule has 3 nitrogen and oxygen atoms in total. The van der Waals surface area contributed by atoms with E-state index in [2.05, 4.69) is 10.3 Å². The summed E-state index contributed by atoms with van der Waals surface area (Å²) in [6, 6.07) is 1.88. The van der Waals surface area contributed by atoms with Crippen molar-refractivity contribution in [3.8, 4) is 0 Å². The Morgan fingerprint density at radius 1 is 1.56 bits per heavy atom. The molecule has 0 saturated heterocycles. The van der Waals surface area contributed by atoms with Gasteiger partial charge in [0.2, 0.25) is 0 Å². The highest BCUT2D eigenvalue weighted by Crippen LogP contribution is 2.25. The third kappa shape index (κ3) is 3.54. The van der Waals surface area contributed by atoms with Crippen LogP contribution in [0.3, 0.4) is 0 Å². The molecule has 0 aliphatic rings. The fourth-order valence-corrected chi connectivity index (χ4v) is 1.55. The minimum absolute atomic E-state index is 0.299. The van der Waals surface area contributed by atoms with Crippen LogP contribution in [0.15, 0.2) is 18.5 Å². The molecule has 1 unspecified atom stereocenters. The van der Waals surface area contributed by atoms with Crippen molar-refractivity contribution < 1.29 is 9.50 Å². The molecule has 0 fully saturated rings. The zero-order chi connectivity index (χ0) is 12.2. The maximum Gasteiger partial charge on any atom is 0.147 e. The number of hydrogen-bond donors (Lipinski definition) is 2. The number of aromatic nitrogens is 1. The number of nitrogens with zero attached hydrogens (tertiary/aromatic N) is 1. The first kappa shape index (κ1) is 13.1. The van der Waals surface area contributed by atoms with Crippen LogP contribution < -0.4 is 5.32 Å². The molecule has 0 radical (unpaired) electrons. The summed E-state index contributed by atoms with van der Waals surface area (Å²) in [6.07, 6.45) is 3.08. The summed E-state index contributed by atoms with van der Waals surface area (Å²) in [7, 11) is 0. The van der Waals surface area contributed by atoms with Gasteiger partial charge in [-0.3, -0.25) is 4.98 Å². The Morgan fingerprint density at radius 3 is 2.81 bits per heavy atom. The smallest absolute Gasteiger partial charge is 0.147 e. The molecule has 4 heteroatoms. The molecule has 0 spiro atoms. The average molecular weight is 226 g/mol. The Balaban J connectivity index is 2.66. The highest BCUT2D eigenvalue weighted by molar-refractivity contribution is 5.20. The van der Waals surface area contributed by atoms with Crippen LogP contribution in [0.25, 0.3) is 0 Å². The van der Waals surface area contributed by atoms with Crippen molar-refractivity contribution in [3.63, 3.8) is 0 Å². The quantitative estimate of drug-likeness (QED) is 0.805. The minimum atomic E-state index is -1.16. The van der Waals surface area contributed by atoms with E-state index in [1.807, 2.05) is 13.8 Å². The van der Waals surface area contributed by atoms with Gasteiger partial charge < -0.3 is 10.4 Å². The summed E-state index contributed by atoms with van der Waals surface area (Å²) in [6.45, 7) is 6.32. The Bertz CT molecular complexity index is 340. The van der Waals surface area contributed by atoms with Gasteiger partial charge in [-0.2, -0.15) is 0 Å². The van der Waals surface area contributed by atoms with Crippen LogP contribution in [0, 0.1) is 5.82 Å². The van der Waals surface area contributed by atoms with Gasteiger partial charge in [0, 0.05) is 17.8 Å². The number of aliphatic hydroxyl groups is 1. The number of rotatable bonds is 5. The second kappa shape index (κ2) is 5.37. The second-order valence-electron chi connectivity index (χ2n) is 4.49. The van der Waals surface area contributed by atoms with E-state index in [0.717, 1.165) is 6.20 Å². The van der Waals surface area contributed by atoms with Gasteiger partial charge in [-0.05, 0) is 26.0 Å². The molecular weight excluding hydrogens is 207 g/mol. The predicted molar refractivity (Wildman–Crippen MR) is 61.5 cm³/mol. The zero-order valence-electron chi connectivity index (χ0n) is 10.00. The van der Waals surface area contributed by atoms with Crippen LogP contribution in [-0.2, 0) is 5.60 Å². The Morgan fingerprint density at radius 2 is 2.25 bits per heavy atom. The number of halogens is 1. The molecule has 90 valence electrons. The summed E-state index contributed by atoms with van der Waals surface area (Å²) in [5.74, 6) is -0.461. The van der Waals surface area contributed by atoms with Crippen molar-refractivity contribution in [2.45, 2.75) is 38.8 Å². The van der Waals surface area contributed by atoms with Crippen molar-refractivity contribution in [3.05, 3.63) is 29.8 Å². The predicted octanol–water partition coefficient (Wildman–Crippen LogP) is 1.82. The van der Waals surface area contributed by atoms with Gasteiger partial charge in [-0.1, -0.05) is 13.8 Å². The summed E-state index contributed by atoms with van der Waals surface area (Å²) in [5, 5.41) is 13.4. The van der Waals surface area contributed by atoms with Crippen molar-refractivity contribution in [2.24, 2.45) is 0 Å². The monoisotopic (exact) mass is 226 g/mol. The third-order valence-electron chi connectivity index (χ3n) is 2.52. The molecule has 2 N–H and O–H groups in total. The highest BCUT2D eigenvalue weighted by Gasteiger charge is 2.25. The van der Waals surface area contributed by atoms with Crippen LogP contribution >= 0.6 is 0 Å². The molecule has 16 heavy (non-hydrogen) atoms. The largest absolute Gasteiger partial charge is 0.385 e. The lowest BCUT2D eigenvalue weighted by molar-refractivity contribution is 0.0437. The summed E-state index contributed by atoms with van der Waals surface area (Å²) >= 11 is 0. The second-order valence-corrected chi connectivity index (χ2v) is 4.49. The molecule has 1 heterocycles. The topological polar surface area (TPSA) is 45.1 Å². The van der Waals surface area contributed by atoms with Crippen molar-refractivity contribution in [2.75, 3.05) is 6.54 Å². The van der Waals surface area contributed by atoms with Gasteiger partial charge in [0.15, 0.2) is 0 Å². The average Bonchev–Trinajstić information content (AvgIpc) is 2.17. The minimum Gasteiger partial charge on any atom is -0.385 e. The van der Waals surface area contributed by atoms with Crippen LogP contribution in [0.5, 0.6) is 0 Å². The molecule has 1 aromatic heterocycles. The van der Waals surface area contributed by atoms with Crippen molar-refractivity contribution >= 4 is 0 Å². The van der Waals surface area contributed by atoms with E-state index in [1.54, 1.807) is 6.92 Å². The maximum atomic E-state index is 13.4. The number of nitrogens with one attached hydrogen (secondary N) is 1. The summed E-state index contributed by atoms with van der Waals surface area (Å²) in [4.78, 5) is 3.67. The molecule has 0 bridgehead atoms. The molecule has 0 saturated carbocycles. The lowest BCUT2D eigenvalue weighted by Crippen LogP contribution is -2.31. The first-order valence-electron chi connectivity index (χ1n) is 5.49. The Hall–Kier alpha value is -1.00. The Labute approximate surface area is 95.7 Å². The first-order valence-corrected chi connectivity index (χ1v) is 5.49. The van der Waals surface area contributed by atoms with E-state index in [9.17, 15) is 9.50 Å². The number of pyridine rings is 1. The van der Waals surface area contributed by atoms with E-state index < -0.39 is 11.4 Å². The van der Waals surface area contributed by atoms with Crippen molar-refractivity contribution in [1.82, 2.24) is 10.3 Å². The first-order chi connectivity index (χ1) is 7.43. The molecule has 0 aliphatic carbocycles. The molecule has 1 rings (SSSR count). The molecule has 1 atom stereocenters. The van der Waals surface area contributed by atoms with E-state index in [1.165, 1.54) is 12.3 Å². The van der Waals surface area contributed by atoms with Gasteiger partial charge >= 0.3 is 0 Å². The van der Waals surface area contributed by atoms with E-state index >= 15 is 0 Å². The Kier molecular flexibility index (Phi) is 4.38. The fraction of sp³-hybridized carbons (Fsp3) is 0.583. The van der Waals surface area contributed by atoms with Gasteiger partial charge in [0.1, 0.15) is 5.82 Å². The lowest BCUT2D eigenvalue weighted by Gasteiger charge is -2.24. The van der Waals surface area contributed by atoms with E-state index in [4.69, 9.17) is 0 Å². The normalized spacial score (nSPS) is 15.1. The van der Waals surface area contributed by atoms with Crippen LogP contribution in [0.4, 0.5) is 4.39 Å². The molecule has 0 amide bonds. The fourth-order valence-electron chi connectivity index (χ4n) is 1.55. The van der Waals surface area contributed by atoms with Crippen LogP contribution in [0.1, 0.15) is 32.8 Å². The highest BCUT2D eigenvalue weighted by atomic mass is 19.1. The van der Waals surface area contributed by atoms with Gasteiger partial charge in [-0.15, -0.1) is 0 Å². The summed E-state index contributed by atoms with van der Waals surface area (Å²) in [5.41, 5.74) is -0.859. The van der Waals surface area contributed by atoms with Gasteiger partial charge in [-0.25, -0.2) is 4.39 Å². The standard InChI is InChI=1S/C12H19FN2O/c1-9(2)15-7-5-12(3,16)10-4-6-14-8-11(10)13/h4,6,8-9,15-16H,5,7H2,1-3H3. The SMILES string of the molecule is CC(C)NCCC(C)(O)c1ccncc1F. The van der Waals surface area contributed by atoms with Gasteiger partial charge in [0.25, 0.3) is 0 Å². The summed E-state index contributed by atoms with van der Waals surface area (Å²) < 4.78 is 13.4. The molecule has 1 aromatic rings. The van der Waals surface area contributed by atoms with Crippen LogP contribution in [-0.4, -0.2) is 22.7 Å². The van der Waals surface area contributed by atoms with E-state index in [0.29, 0.717) is 24.6 Å². The molecular formula is C12H19FN2O. The van der Waals surface area contributed by atoms with Crippen LogP contribution in [0.2, 0.25) is 0 Å². The third-order valence-corrected chi connectivity index (χ3v) is 2.52.